The number of thiophene rings is 1. The molecule has 0 aromatic carbocycles. The van der Waals surface area contributed by atoms with E-state index in [1.165, 1.54) is 4.88 Å². The molecule has 3 aromatic heterocycles. The fourth-order valence-electron chi connectivity index (χ4n) is 3.32. The third-order valence-electron chi connectivity index (χ3n) is 4.61. The molecular formula is C19H22N4O3S. The molecule has 0 spiro atoms. The first-order valence-electron chi connectivity index (χ1n) is 9.17. The lowest BCUT2D eigenvalue weighted by Gasteiger charge is -2.32. The SMILES string of the molecule is O=C(CCc1nc(-c2ccco2)no1)NC1CCCN(Cc2cccs2)C1. The lowest BCUT2D eigenvalue weighted by atomic mass is 10.1. The van der Waals surface area contributed by atoms with Gasteiger partial charge in [-0.3, -0.25) is 9.69 Å². The van der Waals surface area contributed by atoms with E-state index in [0.29, 0.717) is 30.3 Å². The van der Waals surface area contributed by atoms with Crippen LogP contribution in [0.25, 0.3) is 11.6 Å². The summed E-state index contributed by atoms with van der Waals surface area (Å²) in [6.45, 7) is 2.94. The van der Waals surface area contributed by atoms with E-state index in [1.54, 1.807) is 29.7 Å². The lowest BCUT2D eigenvalue weighted by molar-refractivity contribution is -0.122. The maximum atomic E-state index is 12.3. The predicted molar refractivity (Wildman–Crippen MR) is 101 cm³/mol. The number of piperidine rings is 1. The number of likely N-dealkylation sites (tertiary alicyclic amines) is 1. The van der Waals surface area contributed by atoms with Gasteiger partial charge in [0.25, 0.3) is 0 Å². The maximum absolute atomic E-state index is 12.3. The second-order valence-electron chi connectivity index (χ2n) is 6.71. The standard InChI is InChI=1S/C19H22N4O3S/c24-17(7-8-18-21-19(22-26-18)16-6-2-10-25-16)20-14-4-1-9-23(12-14)13-15-5-3-11-27-15/h2-3,5-6,10-11,14H,1,4,7-9,12-13H2,(H,20,24). The number of nitrogens with zero attached hydrogens (tertiary/aromatic N) is 3. The van der Waals surface area contributed by atoms with Crippen LogP contribution in [0.1, 0.15) is 30.0 Å². The summed E-state index contributed by atoms with van der Waals surface area (Å²) in [4.78, 5) is 20.4. The van der Waals surface area contributed by atoms with E-state index in [4.69, 9.17) is 8.94 Å². The van der Waals surface area contributed by atoms with Crippen LogP contribution in [0, 0.1) is 0 Å². The number of amides is 1. The largest absolute Gasteiger partial charge is 0.461 e. The number of carbonyl (C=O) groups excluding carboxylic acids is 1. The summed E-state index contributed by atoms with van der Waals surface area (Å²) >= 11 is 1.78. The summed E-state index contributed by atoms with van der Waals surface area (Å²) in [5, 5.41) is 9.13. The molecule has 1 N–H and O–H groups in total. The Kier molecular flexibility index (Phi) is 5.64. The number of aromatic nitrogens is 2. The number of hydrogen-bond acceptors (Lipinski definition) is 7. The summed E-state index contributed by atoms with van der Waals surface area (Å²) in [5.41, 5.74) is 0. The topological polar surface area (TPSA) is 84.4 Å². The molecule has 4 heterocycles. The van der Waals surface area contributed by atoms with E-state index < -0.39 is 0 Å². The van der Waals surface area contributed by atoms with Crippen molar-refractivity contribution >= 4 is 17.2 Å². The Bertz CT molecular complexity index is 844. The molecule has 1 aliphatic heterocycles. The lowest BCUT2D eigenvalue weighted by Crippen LogP contribution is -2.47. The van der Waals surface area contributed by atoms with Gasteiger partial charge in [-0.05, 0) is 43.0 Å². The molecular weight excluding hydrogens is 364 g/mol. The Morgan fingerprint density at radius 3 is 3.15 bits per heavy atom. The molecule has 1 fully saturated rings. The van der Waals surface area contributed by atoms with Crippen molar-refractivity contribution in [1.82, 2.24) is 20.4 Å². The first kappa shape index (κ1) is 17.9. The van der Waals surface area contributed by atoms with Crippen molar-refractivity contribution < 1.29 is 13.7 Å². The van der Waals surface area contributed by atoms with E-state index in [9.17, 15) is 4.79 Å². The van der Waals surface area contributed by atoms with Gasteiger partial charge in [-0.1, -0.05) is 11.2 Å². The molecule has 0 radical (unpaired) electrons. The molecule has 1 atom stereocenters. The smallest absolute Gasteiger partial charge is 0.238 e. The van der Waals surface area contributed by atoms with Crippen LogP contribution >= 0.6 is 11.3 Å². The summed E-state index contributed by atoms with van der Waals surface area (Å²) in [7, 11) is 0. The molecule has 142 valence electrons. The van der Waals surface area contributed by atoms with Crippen LogP contribution in [0.3, 0.4) is 0 Å². The highest BCUT2D eigenvalue weighted by Crippen LogP contribution is 2.18. The molecule has 8 heteroatoms. The third kappa shape index (κ3) is 4.84. The van der Waals surface area contributed by atoms with Crippen molar-refractivity contribution in [1.29, 1.82) is 0 Å². The van der Waals surface area contributed by atoms with E-state index in [2.05, 4.69) is 37.9 Å². The molecule has 1 unspecified atom stereocenters. The minimum Gasteiger partial charge on any atom is -0.461 e. The van der Waals surface area contributed by atoms with Crippen LogP contribution in [-0.2, 0) is 17.8 Å². The predicted octanol–water partition coefficient (Wildman–Crippen LogP) is 3.10. The molecule has 1 saturated heterocycles. The molecule has 1 amide bonds. The Hall–Kier alpha value is -2.45. The average Bonchev–Trinajstić information content (AvgIpc) is 3.42. The van der Waals surface area contributed by atoms with Gasteiger partial charge in [-0.2, -0.15) is 4.98 Å². The number of carbonyl (C=O) groups is 1. The van der Waals surface area contributed by atoms with E-state index in [1.807, 2.05) is 0 Å². The second kappa shape index (κ2) is 8.49. The fraction of sp³-hybridized carbons (Fsp3) is 0.421. The molecule has 1 aliphatic rings. The molecule has 3 aromatic rings. The van der Waals surface area contributed by atoms with Gasteiger partial charge in [-0.25, -0.2) is 0 Å². The number of rotatable bonds is 7. The van der Waals surface area contributed by atoms with Crippen molar-refractivity contribution in [2.24, 2.45) is 0 Å². The minimum absolute atomic E-state index is 0.0238. The maximum Gasteiger partial charge on any atom is 0.238 e. The van der Waals surface area contributed by atoms with Gasteiger partial charge >= 0.3 is 0 Å². The average molecular weight is 386 g/mol. The first-order valence-corrected chi connectivity index (χ1v) is 10.0. The van der Waals surface area contributed by atoms with Crippen LogP contribution < -0.4 is 5.32 Å². The zero-order valence-corrected chi connectivity index (χ0v) is 15.8. The second-order valence-corrected chi connectivity index (χ2v) is 7.74. The molecule has 0 bridgehead atoms. The van der Waals surface area contributed by atoms with Crippen LogP contribution in [-0.4, -0.2) is 40.1 Å². The number of hydrogen-bond donors (Lipinski definition) is 1. The van der Waals surface area contributed by atoms with Crippen molar-refractivity contribution in [2.75, 3.05) is 13.1 Å². The van der Waals surface area contributed by atoms with Crippen LogP contribution in [0.4, 0.5) is 0 Å². The van der Waals surface area contributed by atoms with Crippen molar-refractivity contribution in [3.05, 3.63) is 46.7 Å². The van der Waals surface area contributed by atoms with E-state index in [-0.39, 0.29) is 11.9 Å². The molecule has 0 saturated carbocycles. The highest BCUT2D eigenvalue weighted by molar-refractivity contribution is 7.09. The van der Waals surface area contributed by atoms with Gasteiger partial charge in [-0.15, -0.1) is 11.3 Å². The Morgan fingerprint density at radius 2 is 2.33 bits per heavy atom. The molecule has 4 rings (SSSR count). The third-order valence-corrected chi connectivity index (χ3v) is 5.47. The van der Waals surface area contributed by atoms with E-state index in [0.717, 1.165) is 32.5 Å². The zero-order valence-electron chi connectivity index (χ0n) is 15.0. The van der Waals surface area contributed by atoms with Gasteiger partial charge in [0.1, 0.15) is 0 Å². The Labute approximate surface area is 161 Å². The Balaban J connectivity index is 1.23. The van der Waals surface area contributed by atoms with E-state index >= 15 is 0 Å². The highest BCUT2D eigenvalue weighted by Gasteiger charge is 2.22. The Morgan fingerprint density at radius 1 is 1.37 bits per heavy atom. The zero-order chi connectivity index (χ0) is 18.5. The number of nitrogens with one attached hydrogen (secondary N) is 1. The van der Waals surface area contributed by atoms with Crippen molar-refractivity contribution in [3.63, 3.8) is 0 Å². The normalized spacial score (nSPS) is 17.9. The monoisotopic (exact) mass is 386 g/mol. The first-order chi connectivity index (χ1) is 13.3. The van der Waals surface area contributed by atoms with Crippen LogP contribution in [0.5, 0.6) is 0 Å². The van der Waals surface area contributed by atoms with Gasteiger partial charge in [0.05, 0.1) is 6.26 Å². The highest BCUT2D eigenvalue weighted by atomic mass is 32.1. The fourth-order valence-corrected chi connectivity index (χ4v) is 4.07. The van der Waals surface area contributed by atoms with Crippen molar-refractivity contribution in [2.45, 2.75) is 38.3 Å². The van der Waals surface area contributed by atoms with Gasteiger partial charge in [0.15, 0.2) is 5.76 Å². The minimum atomic E-state index is 0.0238. The quantitative estimate of drug-likeness (QED) is 0.672. The van der Waals surface area contributed by atoms with Crippen LogP contribution in [0.2, 0.25) is 0 Å². The summed E-state index contributed by atoms with van der Waals surface area (Å²) in [6.07, 6.45) is 4.44. The van der Waals surface area contributed by atoms with Gasteiger partial charge in [0, 0.05) is 36.9 Å². The molecule has 27 heavy (non-hydrogen) atoms. The summed E-state index contributed by atoms with van der Waals surface area (Å²) in [6, 6.07) is 7.98. The molecule has 0 aliphatic carbocycles. The molecule has 7 nitrogen and oxygen atoms in total. The summed E-state index contributed by atoms with van der Waals surface area (Å²) in [5.74, 6) is 1.43. The summed E-state index contributed by atoms with van der Waals surface area (Å²) < 4.78 is 10.4. The number of furan rings is 1. The van der Waals surface area contributed by atoms with Gasteiger partial charge in [0.2, 0.25) is 17.6 Å². The number of aryl methyl sites for hydroxylation is 1. The van der Waals surface area contributed by atoms with Crippen molar-refractivity contribution in [3.8, 4) is 11.6 Å². The van der Waals surface area contributed by atoms with Crippen LogP contribution in [0.15, 0.2) is 44.8 Å². The van der Waals surface area contributed by atoms with Gasteiger partial charge < -0.3 is 14.3 Å².